The second kappa shape index (κ2) is 4.95. The van der Waals surface area contributed by atoms with E-state index in [1.165, 1.54) is 11.1 Å². The molecular formula is C15H13Cl2NO. The van der Waals surface area contributed by atoms with E-state index in [0.29, 0.717) is 5.02 Å². The Morgan fingerprint density at radius 1 is 1.11 bits per heavy atom. The molecule has 1 atom stereocenters. The first-order valence-corrected chi connectivity index (χ1v) is 6.92. The van der Waals surface area contributed by atoms with Crippen LogP contribution >= 0.6 is 23.2 Å². The Morgan fingerprint density at radius 3 is 2.74 bits per heavy atom. The highest BCUT2D eigenvalue weighted by atomic mass is 35.5. The summed E-state index contributed by atoms with van der Waals surface area (Å²) >= 11 is 11.9. The third-order valence-corrected chi connectivity index (χ3v) is 4.01. The molecule has 1 aliphatic carbocycles. The van der Waals surface area contributed by atoms with Gasteiger partial charge in [-0.2, -0.15) is 0 Å². The molecule has 0 fully saturated rings. The Hall–Kier alpha value is -1.38. The first-order chi connectivity index (χ1) is 9.13. The molecule has 1 unspecified atom stereocenters. The van der Waals surface area contributed by atoms with E-state index in [2.05, 4.69) is 11.4 Å². The molecule has 0 aromatic heterocycles. The van der Waals surface area contributed by atoms with Crippen LogP contribution in [0.4, 0.5) is 5.69 Å². The van der Waals surface area contributed by atoms with Crippen LogP contribution in [0.5, 0.6) is 5.75 Å². The van der Waals surface area contributed by atoms with Gasteiger partial charge in [-0.05, 0) is 54.3 Å². The molecule has 0 amide bonds. The minimum absolute atomic E-state index is 0.103. The van der Waals surface area contributed by atoms with E-state index in [9.17, 15) is 5.11 Å². The lowest BCUT2D eigenvalue weighted by Gasteiger charge is -2.16. The van der Waals surface area contributed by atoms with Gasteiger partial charge in [0.1, 0.15) is 5.75 Å². The predicted molar refractivity (Wildman–Crippen MR) is 79.3 cm³/mol. The van der Waals surface area contributed by atoms with Gasteiger partial charge in [0.2, 0.25) is 0 Å². The normalized spacial score (nSPS) is 17.3. The van der Waals surface area contributed by atoms with Crippen molar-refractivity contribution in [2.24, 2.45) is 0 Å². The number of aromatic hydroxyl groups is 1. The number of phenols is 1. The first-order valence-electron chi connectivity index (χ1n) is 6.17. The van der Waals surface area contributed by atoms with Crippen molar-refractivity contribution in [3.05, 3.63) is 57.6 Å². The lowest BCUT2D eigenvalue weighted by atomic mass is 10.1. The van der Waals surface area contributed by atoms with E-state index >= 15 is 0 Å². The number of phenolic OH excluding ortho intramolecular Hbond substituents is 1. The molecule has 98 valence electrons. The summed E-state index contributed by atoms with van der Waals surface area (Å²) in [5, 5.41) is 14.0. The molecule has 2 aromatic rings. The number of hydrogen-bond acceptors (Lipinski definition) is 2. The number of benzene rings is 2. The molecule has 2 N–H and O–H groups in total. The van der Waals surface area contributed by atoms with Gasteiger partial charge in [-0.3, -0.25) is 0 Å². The highest BCUT2D eigenvalue weighted by molar-refractivity contribution is 6.32. The Balaban J connectivity index is 1.84. The minimum Gasteiger partial charge on any atom is -0.506 e. The number of rotatable bonds is 2. The minimum atomic E-state index is 0.103. The van der Waals surface area contributed by atoms with Crippen molar-refractivity contribution < 1.29 is 5.11 Å². The molecule has 0 aliphatic heterocycles. The van der Waals surface area contributed by atoms with Crippen molar-refractivity contribution in [2.45, 2.75) is 18.9 Å². The van der Waals surface area contributed by atoms with Crippen molar-refractivity contribution in [3.8, 4) is 5.75 Å². The lowest BCUT2D eigenvalue weighted by molar-refractivity contribution is 0.475. The van der Waals surface area contributed by atoms with Gasteiger partial charge in [0.15, 0.2) is 0 Å². The van der Waals surface area contributed by atoms with Crippen molar-refractivity contribution in [1.29, 1.82) is 0 Å². The SMILES string of the molecule is Oc1ccc(NC2CCc3cc(Cl)ccc32)cc1Cl. The molecule has 1 aliphatic rings. The standard InChI is InChI=1S/C15H13Cl2NO/c16-10-2-4-12-9(7-10)1-5-14(12)18-11-3-6-15(19)13(17)8-11/h2-4,6-8,14,18-19H,1,5H2. The first kappa shape index (κ1) is 12.6. The fraction of sp³-hybridized carbons (Fsp3) is 0.200. The zero-order valence-corrected chi connectivity index (χ0v) is 11.7. The molecule has 3 rings (SSSR count). The molecule has 0 saturated heterocycles. The van der Waals surface area contributed by atoms with Crippen molar-refractivity contribution in [2.75, 3.05) is 5.32 Å². The Morgan fingerprint density at radius 2 is 1.95 bits per heavy atom. The molecule has 0 spiro atoms. The average molecular weight is 294 g/mol. The highest BCUT2D eigenvalue weighted by Gasteiger charge is 2.22. The van der Waals surface area contributed by atoms with E-state index in [1.807, 2.05) is 18.2 Å². The van der Waals surface area contributed by atoms with Crippen LogP contribution < -0.4 is 5.32 Å². The summed E-state index contributed by atoms with van der Waals surface area (Å²) in [4.78, 5) is 0. The number of nitrogens with one attached hydrogen (secondary N) is 1. The largest absolute Gasteiger partial charge is 0.506 e. The van der Waals surface area contributed by atoms with E-state index in [4.69, 9.17) is 23.2 Å². The zero-order valence-electron chi connectivity index (χ0n) is 10.2. The number of aryl methyl sites for hydroxylation is 1. The molecule has 4 heteroatoms. The van der Waals surface area contributed by atoms with E-state index in [1.54, 1.807) is 12.1 Å². The topological polar surface area (TPSA) is 32.3 Å². The zero-order chi connectivity index (χ0) is 13.4. The van der Waals surface area contributed by atoms with Crippen molar-refractivity contribution >= 4 is 28.9 Å². The third kappa shape index (κ3) is 2.51. The van der Waals surface area contributed by atoms with Gasteiger partial charge in [-0.1, -0.05) is 29.3 Å². The smallest absolute Gasteiger partial charge is 0.134 e. The summed E-state index contributed by atoms with van der Waals surface area (Å²) in [5.74, 6) is 0.103. The van der Waals surface area contributed by atoms with Crippen molar-refractivity contribution in [3.63, 3.8) is 0 Å². The second-order valence-corrected chi connectivity index (χ2v) is 5.59. The van der Waals surface area contributed by atoms with Crippen LogP contribution in [0.15, 0.2) is 36.4 Å². The highest BCUT2D eigenvalue weighted by Crippen LogP contribution is 2.36. The molecule has 2 aromatic carbocycles. The second-order valence-electron chi connectivity index (χ2n) is 4.74. The maximum Gasteiger partial charge on any atom is 0.134 e. The Labute approximate surface area is 122 Å². The lowest BCUT2D eigenvalue weighted by Crippen LogP contribution is -2.06. The number of anilines is 1. The number of halogens is 2. The predicted octanol–water partition coefficient (Wildman–Crippen LogP) is 4.80. The number of fused-ring (bicyclic) bond motifs is 1. The monoisotopic (exact) mass is 293 g/mol. The summed E-state index contributed by atoms with van der Waals surface area (Å²) in [6.45, 7) is 0. The van der Waals surface area contributed by atoms with Gasteiger partial charge < -0.3 is 10.4 Å². The maximum atomic E-state index is 9.42. The summed E-state index contributed by atoms with van der Waals surface area (Å²) in [7, 11) is 0. The molecule has 2 nitrogen and oxygen atoms in total. The summed E-state index contributed by atoms with van der Waals surface area (Å²) in [6.07, 6.45) is 2.06. The average Bonchev–Trinajstić information content (AvgIpc) is 2.76. The van der Waals surface area contributed by atoms with Gasteiger partial charge in [0, 0.05) is 10.7 Å². The van der Waals surface area contributed by atoms with Crippen LogP contribution in [0.2, 0.25) is 10.0 Å². The number of hydrogen-bond donors (Lipinski definition) is 2. The molecule has 0 heterocycles. The van der Waals surface area contributed by atoms with E-state index in [0.717, 1.165) is 23.6 Å². The summed E-state index contributed by atoms with van der Waals surface area (Å²) in [5.41, 5.74) is 3.50. The fourth-order valence-corrected chi connectivity index (χ4v) is 2.91. The molecular weight excluding hydrogens is 281 g/mol. The Kier molecular flexibility index (Phi) is 3.29. The quantitative estimate of drug-likeness (QED) is 0.780. The van der Waals surface area contributed by atoms with Crippen LogP contribution in [0.1, 0.15) is 23.6 Å². The third-order valence-electron chi connectivity index (χ3n) is 3.47. The van der Waals surface area contributed by atoms with Gasteiger partial charge in [-0.15, -0.1) is 0 Å². The van der Waals surface area contributed by atoms with Crippen LogP contribution in [0.3, 0.4) is 0 Å². The van der Waals surface area contributed by atoms with Crippen molar-refractivity contribution in [1.82, 2.24) is 0 Å². The van der Waals surface area contributed by atoms with E-state index < -0.39 is 0 Å². The van der Waals surface area contributed by atoms with Crippen LogP contribution in [0, 0.1) is 0 Å². The van der Waals surface area contributed by atoms with Gasteiger partial charge in [0.25, 0.3) is 0 Å². The summed E-state index contributed by atoms with van der Waals surface area (Å²) < 4.78 is 0. The molecule has 0 saturated carbocycles. The van der Waals surface area contributed by atoms with Gasteiger partial charge in [-0.25, -0.2) is 0 Å². The molecule has 0 radical (unpaired) electrons. The summed E-state index contributed by atoms with van der Waals surface area (Å²) in [6, 6.07) is 11.5. The fourth-order valence-electron chi connectivity index (χ4n) is 2.53. The maximum absolute atomic E-state index is 9.42. The van der Waals surface area contributed by atoms with Crippen LogP contribution in [-0.2, 0) is 6.42 Å². The van der Waals surface area contributed by atoms with Crippen LogP contribution in [0.25, 0.3) is 0 Å². The molecule has 0 bridgehead atoms. The molecule has 19 heavy (non-hydrogen) atoms. The van der Waals surface area contributed by atoms with E-state index in [-0.39, 0.29) is 11.8 Å². The Bertz CT molecular complexity index is 628. The van der Waals surface area contributed by atoms with Gasteiger partial charge >= 0.3 is 0 Å². The van der Waals surface area contributed by atoms with Gasteiger partial charge in [0.05, 0.1) is 11.1 Å². The van der Waals surface area contributed by atoms with Crippen LogP contribution in [-0.4, -0.2) is 5.11 Å².